The Kier molecular flexibility index (Phi) is 5.11. The molecule has 0 saturated heterocycles. The molecule has 0 radical (unpaired) electrons. The Balaban J connectivity index is 2.11. The second kappa shape index (κ2) is 6.66. The summed E-state index contributed by atoms with van der Waals surface area (Å²) in [7, 11) is 0. The van der Waals surface area contributed by atoms with Crippen molar-refractivity contribution in [2.24, 2.45) is 5.73 Å². The minimum atomic E-state index is -0.838. The summed E-state index contributed by atoms with van der Waals surface area (Å²) in [6.07, 6.45) is 1.10. The number of nitrogens with zero attached hydrogens (tertiary/aromatic N) is 2. The van der Waals surface area contributed by atoms with Gasteiger partial charge in [0.25, 0.3) is 0 Å². The van der Waals surface area contributed by atoms with E-state index in [1.165, 1.54) is 6.07 Å². The van der Waals surface area contributed by atoms with Gasteiger partial charge >= 0.3 is 0 Å². The largest absolute Gasteiger partial charge is 0.327 e. The Bertz CT molecular complexity index is 640. The van der Waals surface area contributed by atoms with E-state index in [0.29, 0.717) is 18.4 Å². The molecule has 1 aromatic heterocycles. The Morgan fingerprint density at radius 2 is 2.00 bits per heavy atom. The van der Waals surface area contributed by atoms with Crippen LogP contribution in [0, 0.1) is 18.6 Å². The topological polar surface area (TPSA) is 43.8 Å². The normalized spacial score (nSPS) is 12.7. The summed E-state index contributed by atoms with van der Waals surface area (Å²) < 4.78 is 29.0. The molecule has 6 heteroatoms. The van der Waals surface area contributed by atoms with Crippen LogP contribution in [0.4, 0.5) is 8.78 Å². The highest BCUT2D eigenvalue weighted by atomic mass is 79.9. The highest BCUT2D eigenvalue weighted by Crippen LogP contribution is 2.23. The van der Waals surface area contributed by atoms with Crippen molar-refractivity contribution in [3.63, 3.8) is 0 Å². The molecule has 114 valence electrons. The molecule has 0 fully saturated rings. The number of aromatic nitrogens is 2. The van der Waals surface area contributed by atoms with Gasteiger partial charge in [-0.1, -0.05) is 6.07 Å². The summed E-state index contributed by atoms with van der Waals surface area (Å²) in [5.41, 5.74) is 8.80. The van der Waals surface area contributed by atoms with Crippen LogP contribution in [0.5, 0.6) is 0 Å². The smallest absolute Gasteiger partial charge is 0.159 e. The average molecular weight is 358 g/mol. The number of nitrogens with two attached hydrogens (primary N) is 1. The monoisotopic (exact) mass is 357 g/mol. The molecule has 0 aliphatic carbocycles. The Hall–Kier alpha value is -1.27. The fraction of sp³-hybridized carbons (Fsp3) is 0.400. The van der Waals surface area contributed by atoms with Crippen molar-refractivity contribution < 1.29 is 8.78 Å². The molecule has 0 bridgehead atoms. The van der Waals surface area contributed by atoms with Gasteiger partial charge in [0.2, 0.25) is 0 Å². The van der Waals surface area contributed by atoms with Gasteiger partial charge in [-0.05, 0) is 53.9 Å². The summed E-state index contributed by atoms with van der Waals surface area (Å²) in [6, 6.07) is 3.71. The molecular formula is C15H18BrF2N3. The molecule has 1 unspecified atom stereocenters. The van der Waals surface area contributed by atoms with Crippen molar-refractivity contribution in [3.8, 4) is 0 Å². The SMILES string of the molecule is CCn1nc(C)c(Br)c1CC(N)Cc1ccc(F)c(F)c1. The number of halogens is 3. The van der Waals surface area contributed by atoms with Gasteiger partial charge < -0.3 is 5.73 Å². The van der Waals surface area contributed by atoms with E-state index in [0.717, 1.165) is 28.5 Å². The lowest BCUT2D eigenvalue weighted by atomic mass is 10.0. The lowest BCUT2D eigenvalue weighted by Gasteiger charge is -2.13. The zero-order valence-electron chi connectivity index (χ0n) is 12.0. The van der Waals surface area contributed by atoms with E-state index in [2.05, 4.69) is 21.0 Å². The van der Waals surface area contributed by atoms with E-state index in [4.69, 9.17) is 5.73 Å². The molecule has 2 aromatic rings. The maximum atomic E-state index is 13.2. The first-order chi connectivity index (χ1) is 9.92. The van der Waals surface area contributed by atoms with Crippen molar-refractivity contribution in [3.05, 3.63) is 51.3 Å². The lowest BCUT2D eigenvalue weighted by molar-refractivity contribution is 0.505. The fourth-order valence-electron chi connectivity index (χ4n) is 2.35. The molecule has 0 spiro atoms. The lowest BCUT2D eigenvalue weighted by Crippen LogP contribution is -2.27. The third kappa shape index (κ3) is 3.68. The molecule has 0 saturated carbocycles. The first-order valence-corrected chi connectivity index (χ1v) is 7.63. The fourth-order valence-corrected chi connectivity index (χ4v) is 2.80. The van der Waals surface area contributed by atoms with Crippen LogP contribution in [0.1, 0.15) is 23.9 Å². The second-order valence-electron chi connectivity index (χ2n) is 5.08. The van der Waals surface area contributed by atoms with Crippen LogP contribution >= 0.6 is 15.9 Å². The summed E-state index contributed by atoms with van der Waals surface area (Å²) in [6.45, 7) is 4.71. The van der Waals surface area contributed by atoms with Gasteiger partial charge in [0.05, 0.1) is 15.9 Å². The van der Waals surface area contributed by atoms with Crippen LogP contribution in [0.2, 0.25) is 0 Å². The van der Waals surface area contributed by atoms with Gasteiger partial charge in [-0.3, -0.25) is 4.68 Å². The minimum absolute atomic E-state index is 0.187. The Morgan fingerprint density at radius 1 is 1.29 bits per heavy atom. The standard InChI is InChI=1S/C15H18BrF2N3/c1-3-21-14(15(16)9(2)20-21)8-11(19)6-10-4-5-12(17)13(18)7-10/h4-5,7,11H,3,6,8,19H2,1-2H3. The van der Waals surface area contributed by atoms with Gasteiger partial charge in [0.1, 0.15) is 0 Å². The Labute approximate surface area is 131 Å². The van der Waals surface area contributed by atoms with E-state index in [1.54, 1.807) is 6.07 Å². The maximum Gasteiger partial charge on any atom is 0.159 e. The summed E-state index contributed by atoms with van der Waals surface area (Å²) in [4.78, 5) is 0. The molecule has 1 heterocycles. The van der Waals surface area contributed by atoms with Crippen molar-refractivity contribution >= 4 is 15.9 Å². The predicted octanol–water partition coefficient (Wildman–Crippen LogP) is 3.36. The van der Waals surface area contributed by atoms with Gasteiger partial charge in [-0.2, -0.15) is 5.10 Å². The average Bonchev–Trinajstić information content (AvgIpc) is 2.70. The number of hydrogen-bond donors (Lipinski definition) is 1. The third-order valence-corrected chi connectivity index (χ3v) is 4.42. The van der Waals surface area contributed by atoms with Crippen LogP contribution in [-0.2, 0) is 19.4 Å². The van der Waals surface area contributed by atoms with Gasteiger partial charge in [0, 0.05) is 19.0 Å². The summed E-state index contributed by atoms with van der Waals surface area (Å²) in [5, 5.41) is 4.42. The molecule has 1 aromatic carbocycles. The minimum Gasteiger partial charge on any atom is -0.327 e. The molecule has 0 amide bonds. The molecule has 21 heavy (non-hydrogen) atoms. The molecule has 0 aliphatic rings. The van der Waals surface area contributed by atoms with Gasteiger partial charge in [-0.15, -0.1) is 0 Å². The van der Waals surface area contributed by atoms with Crippen molar-refractivity contribution in [1.29, 1.82) is 0 Å². The van der Waals surface area contributed by atoms with Crippen molar-refractivity contribution in [1.82, 2.24) is 9.78 Å². The highest BCUT2D eigenvalue weighted by molar-refractivity contribution is 9.10. The molecule has 2 N–H and O–H groups in total. The summed E-state index contributed by atoms with van der Waals surface area (Å²) in [5.74, 6) is -1.68. The first-order valence-electron chi connectivity index (χ1n) is 6.83. The molecule has 0 aliphatic heterocycles. The van der Waals surface area contributed by atoms with Crippen LogP contribution in [0.15, 0.2) is 22.7 Å². The van der Waals surface area contributed by atoms with Crippen LogP contribution in [0.3, 0.4) is 0 Å². The first kappa shape index (κ1) is 16.1. The maximum absolute atomic E-state index is 13.2. The predicted molar refractivity (Wildman–Crippen MR) is 82.1 cm³/mol. The molecule has 2 rings (SSSR count). The third-order valence-electron chi connectivity index (χ3n) is 3.39. The number of aryl methyl sites for hydroxylation is 2. The van der Waals surface area contributed by atoms with Gasteiger partial charge in [0.15, 0.2) is 11.6 Å². The molecular weight excluding hydrogens is 340 g/mol. The van der Waals surface area contributed by atoms with Crippen molar-refractivity contribution in [2.45, 2.75) is 39.3 Å². The van der Waals surface area contributed by atoms with E-state index in [1.807, 2.05) is 18.5 Å². The van der Waals surface area contributed by atoms with Crippen LogP contribution < -0.4 is 5.73 Å². The molecule has 1 atom stereocenters. The number of rotatable bonds is 5. The zero-order chi connectivity index (χ0) is 15.6. The van der Waals surface area contributed by atoms with E-state index < -0.39 is 11.6 Å². The highest BCUT2D eigenvalue weighted by Gasteiger charge is 2.16. The quantitative estimate of drug-likeness (QED) is 0.891. The Morgan fingerprint density at radius 3 is 2.62 bits per heavy atom. The zero-order valence-corrected chi connectivity index (χ0v) is 13.6. The van der Waals surface area contributed by atoms with E-state index in [-0.39, 0.29) is 6.04 Å². The van der Waals surface area contributed by atoms with E-state index >= 15 is 0 Å². The number of hydrogen-bond acceptors (Lipinski definition) is 2. The van der Waals surface area contributed by atoms with Crippen LogP contribution in [0.25, 0.3) is 0 Å². The van der Waals surface area contributed by atoms with Crippen molar-refractivity contribution in [2.75, 3.05) is 0 Å². The second-order valence-corrected chi connectivity index (χ2v) is 5.87. The summed E-state index contributed by atoms with van der Waals surface area (Å²) >= 11 is 3.53. The molecule has 3 nitrogen and oxygen atoms in total. The van der Waals surface area contributed by atoms with Crippen LogP contribution in [-0.4, -0.2) is 15.8 Å². The number of benzene rings is 1. The van der Waals surface area contributed by atoms with E-state index in [9.17, 15) is 8.78 Å². The van der Waals surface area contributed by atoms with Gasteiger partial charge in [-0.25, -0.2) is 8.78 Å².